The fraction of sp³-hybridized carbons (Fsp3) is 0.440. The SMILES string of the molecule is CCC(=O)N1CC[C@H]2[C@@H]1CCN2CCC(C#N)(c1ccccc1)c1ccccc1. The average molecular weight is 388 g/mol. The van der Waals surface area contributed by atoms with Gasteiger partial charge in [0.1, 0.15) is 5.41 Å². The van der Waals surface area contributed by atoms with Gasteiger partial charge in [-0.05, 0) is 30.4 Å². The van der Waals surface area contributed by atoms with Crippen LogP contribution in [0.2, 0.25) is 0 Å². The van der Waals surface area contributed by atoms with Gasteiger partial charge in [-0.2, -0.15) is 5.26 Å². The van der Waals surface area contributed by atoms with Gasteiger partial charge in [0.25, 0.3) is 0 Å². The molecule has 29 heavy (non-hydrogen) atoms. The standard InChI is InChI=1S/C25H29N3O/c1-2-24(29)28-17-14-22-23(28)13-16-27(22)18-15-25(19-26,20-9-5-3-6-10-20)21-11-7-4-8-12-21/h3-12,22-23H,2,13-18H2,1H3/t22-,23-/m0/s1. The molecule has 2 heterocycles. The summed E-state index contributed by atoms with van der Waals surface area (Å²) in [6.45, 7) is 4.70. The third-order valence-electron chi connectivity index (χ3n) is 6.81. The molecule has 2 saturated heterocycles. The van der Waals surface area contributed by atoms with Gasteiger partial charge >= 0.3 is 0 Å². The number of nitrogens with zero attached hydrogens (tertiary/aromatic N) is 3. The van der Waals surface area contributed by atoms with E-state index in [0.717, 1.165) is 50.0 Å². The first kappa shape index (κ1) is 19.7. The Morgan fingerprint density at radius 3 is 2.14 bits per heavy atom. The van der Waals surface area contributed by atoms with E-state index in [2.05, 4.69) is 40.1 Å². The van der Waals surface area contributed by atoms with Crippen molar-refractivity contribution >= 4 is 5.91 Å². The summed E-state index contributed by atoms with van der Waals surface area (Å²) in [6, 6.07) is 23.8. The Kier molecular flexibility index (Phi) is 5.69. The maximum absolute atomic E-state index is 12.3. The number of carbonyl (C=O) groups is 1. The molecule has 0 radical (unpaired) electrons. The molecule has 4 nitrogen and oxygen atoms in total. The molecule has 4 heteroatoms. The molecular formula is C25H29N3O. The molecule has 0 bridgehead atoms. The first-order valence-electron chi connectivity index (χ1n) is 10.8. The summed E-state index contributed by atoms with van der Waals surface area (Å²) in [4.78, 5) is 16.9. The summed E-state index contributed by atoms with van der Waals surface area (Å²) in [5, 5.41) is 10.4. The second-order valence-corrected chi connectivity index (χ2v) is 8.19. The van der Waals surface area contributed by atoms with E-state index >= 15 is 0 Å². The Morgan fingerprint density at radius 2 is 1.59 bits per heavy atom. The minimum atomic E-state index is -0.655. The topological polar surface area (TPSA) is 47.3 Å². The van der Waals surface area contributed by atoms with Gasteiger partial charge in [-0.25, -0.2) is 0 Å². The summed E-state index contributed by atoms with van der Waals surface area (Å²) in [5.74, 6) is 0.277. The molecule has 2 aromatic carbocycles. The van der Waals surface area contributed by atoms with Gasteiger partial charge in [0.2, 0.25) is 5.91 Å². The van der Waals surface area contributed by atoms with Crippen LogP contribution in [0.4, 0.5) is 0 Å². The Hall–Kier alpha value is -2.64. The molecular weight excluding hydrogens is 358 g/mol. The van der Waals surface area contributed by atoms with Crippen LogP contribution in [0.1, 0.15) is 43.7 Å². The minimum absolute atomic E-state index is 0.277. The second kappa shape index (κ2) is 8.39. The number of likely N-dealkylation sites (tertiary alicyclic amines) is 2. The average Bonchev–Trinajstić information content (AvgIpc) is 3.38. The molecule has 0 saturated carbocycles. The summed E-state index contributed by atoms with van der Waals surface area (Å²) in [7, 11) is 0. The summed E-state index contributed by atoms with van der Waals surface area (Å²) < 4.78 is 0. The van der Waals surface area contributed by atoms with Gasteiger partial charge in [-0.1, -0.05) is 67.6 Å². The number of hydrogen-bond donors (Lipinski definition) is 0. The van der Waals surface area contributed by atoms with Crippen molar-refractivity contribution < 1.29 is 4.79 Å². The predicted molar refractivity (Wildman–Crippen MR) is 114 cm³/mol. The maximum Gasteiger partial charge on any atom is 0.222 e. The lowest BCUT2D eigenvalue weighted by molar-refractivity contribution is -0.131. The van der Waals surface area contributed by atoms with Crippen LogP contribution in [0.3, 0.4) is 0 Å². The molecule has 150 valence electrons. The van der Waals surface area contributed by atoms with E-state index in [1.807, 2.05) is 43.3 Å². The number of carbonyl (C=O) groups excluding carboxylic acids is 1. The van der Waals surface area contributed by atoms with Crippen LogP contribution < -0.4 is 0 Å². The highest BCUT2D eigenvalue weighted by molar-refractivity contribution is 5.76. The maximum atomic E-state index is 12.3. The fourth-order valence-corrected chi connectivity index (χ4v) is 5.26. The van der Waals surface area contributed by atoms with Crippen molar-refractivity contribution in [1.29, 1.82) is 5.26 Å². The zero-order valence-electron chi connectivity index (χ0n) is 17.1. The lowest BCUT2D eigenvalue weighted by atomic mass is 9.73. The molecule has 2 aliphatic rings. The van der Waals surface area contributed by atoms with E-state index in [1.54, 1.807) is 0 Å². The van der Waals surface area contributed by atoms with Crippen LogP contribution in [-0.2, 0) is 10.2 Å². The molecule has 0 aliphatic carbocycles. The van der Waals surface area contributed by atoms with Crippen molar-refractivity contribution in [1.82, 2.24) is 9.80 Å². The molecule has 0 N–H and O–H groups in total. The molecule has 2 aliphatic heterocycles. The van der Waals surface area contributed by atoms with Crippen molar-refractivity contribution in [3.8, 4) is 6.07 Å². The van der Waals surface area contributed by atoms with Gasteiger partial charge in [-0.3, -0.25) is 9.69 Å². The van der Waals surface area contributed by atoms with E-state index in [1.165, 1.54) is 0 Å². The van der Waals surface area contributed by atoms with Crippen LogP contribution in [0.15, 0.2) is 60.7 Å². The van der Waals surface area contributed by atoms with Crippen molar-refractivity contribution in [2.75, 3.05) is 19.6 Å². The van der Waals surface area contributed by atoms with Crippen molar-refractivity contribution in [3.05, 3.63) is 71.8 Å². The van der Waals surface area contributed by atoms with E-state index < -0.39 is 5.41 Å². The first-order chi connectivity index (χ1) is 14.2. The third-order valence-corrected chi connectivity index (χ3v) is 6.81. The lowest BCUT2D eigenvalue weighted by Gasteiger charge is -2.32. The minimum Gasteiger partial charge on any atom is -0.338 e. The predicted octanol–water partition coefficient (Wildman–Crippen LogP) is 3.97. The number of nitriles is 1. The molecule has 0 unspecified atom stereocenters. The monoisotopic (exact) mass is 387 g/mol. The second-order valence-electron chi connectivity index (χ2n) is 8.19. The van der Waals surface area contributed by atoms with Gasteiger partial charge in [0, 0.05) is 38.1 Å². The first-order valence-corrected chi connectivity index (χ1v) is 10.8. The Balaban J connectivity index is 1.56. The zero-order chi connectivity index (χ0) is 20.3. The molecule has 2 fully saturated rings. The van der Waals surface area contributed by atoms with Gasteiger partial charge in [0.05, 0.1) is 6.07 Å². The van der Waals surface area contributed by atoms with Crippen LogP contribution in [0.5, 0.6) is 0 Å². The number of amides is 1. The molecule has 4 rings (SSSR count). The Morgan fingerprint density at radius 1 is 1.00 bits per heavy atom. The van der Waals surface area contributed by atoms with Crippen LogP contribution in [0, 0.1) is 11.3 Å². The third kappa shape index (κ3) is 3.56. The van der Waals surface area contributed by atoms with Gasteiger partial charge < -0.3 is 4.90 Å². The fourth-order valence-electron chi connectivity index (χ4n) is 5.26. The number of fused-ring (bicyclic) bond motifs is 1. The van der Waals surface area contributed by atoms with Crippen molar-refractivity contribution in [2.45, 2.75) is 50.1 Å². The quantitative estimate of drug-likeness (QED) is 0.753. The Bertz CT molecular complexity index is 834. The number of hydrogen-bond acceptors (Lipinski definition) is 3. The zero-order valence-corrected chi connectivity index (χ0v) is 17.1. The van der Waals surface area contributed by atoms with E-state index in [-0.39, 0.29) is 5.91 Å². The van der Waals surface area contributed by atoms with Crippen molar-refractivity contribution in [2.24, 2.45) is 0 Å². The van der Waals surface area contributed by atoms with Crippen molar-refractivity contribution in [3.63, 3.8) is 0 Å². The molecule has 2 aromatic rings. The summed E-state index contributed by atoms with van der Waals surface area (Å²) in [5.41, 5.74) is 1.45. The highest BCUT2D eigenvalue weighted by Crippen LogP contribution is 2.38. The number of rotatable bonds is 6. The lowest BCUT2D eigenvalue weighted by Crippen LogP contribution is -2.40. The van der Waals surface area contributed by atoms with Crippen LogP contribution in [0.25, 0.3) is 0 Å². The van der Waals surface area contributed by atoms with Gasteiger partial charge in [-0.15, -0.1) is 0 Å². The smallest absolute Gasteiger partial charge is 0.222 e. The summed E-state index contributed by atoms with van der Waals surface area (Å²) in [6.07, 6.45) is 3.44. The van der Waals surface area contributed by atoms with Crippen LogP contribution >= 0.6 is 0 Å². The number of benzene rings is 2. The molecule has 2 atom stereocenters. The van der Waals surface area contributed by atoms with E-state index in [0.29, 0.717) is 18.5 Å². The Labute approximate surface area is 173 Å². The van der Waals surface area contributed by atoms with E-state index in [9.17, 15) is 10.1 Å². The van der Waals surface area contributed by atoms with E-state index in [4.69, 9.17) is 0 Å². The largest absolute Gasteiger partial charge is 0.338 e. The molecule has 0 aromatic heterocycles. The highest BCUT2D eigenvalue weighted by Gasteiger charge is 2.44. The molecule has 1 amide bonds. The van der Waals surface area contributed by atoms with Gasteiger partial charge in [0.15, 0.2) is 0 Å². The summed E-state index contributed by atoms with van der Waals surface area (Å²) >= 11 is 0. The van der Waals surface area contributed by atoms with Crippen LogP contribution in [-0.4, -0.2) is 47.4 Å². The molecule has 0 spiro atoms. The highest BCUT2D eigenvalue weighted by atomic mass is 16.2. The normalized spacial score (nSPS) is 21.7.